The highest BCUT2D eigenvalue weighted by Gasteiger charge is 2.07. The number of hydrogen-bond acceptors (Lipinski definition) is 6. The van der Waals surface area contributed by atoms with Crippen LogP contribution in [0.25, 0.3) is 0 Å². The molecule has 6 nitrogen and oxygen atoms in total. The summed E-state index contributed by atoms with van der Waals surface area (Å²) in [4.78, 5) is 19.3. The van der Waals surface area contributed by atoms with Crippen LogP contribution in [0.2, 0.25) is 0 Å². The average molecular weight is 317 g/mol. The van der Waals surface area contributed by atoms with E-state index in [4.69, 9.17) is 5.73 Å². The Morgan fingerprint density at radius 3 is 2.68 bits per heavy atom. The number of nitrogens with zero attached hydrogens (tertiary/aromatic N) is 3. The van der Waals surface area contributed by atoms with E-state index in [2.05, 4.69) is 34.3 Å². The number of rotatable bonds is 6. The molecule has 1 heterocycles. The molecule has 0 bridgehead atoms. The summed E-state index contributed by atoms with van der Waals surface area (Å²) in [6.45, 7) is 6.00. The molecule has 0 saturated heterocycles. The molecule has 0 saturated carbocycles. The first-order chi connectivity index (χ1) is 10.6. The first kappa shape index (κ1) is 16.0. The Hall–Kier alpha value is -2.41. The van der Waals surface area contributed by atoms with Crippen molar-refractivity contribution in [2.24, 2.45) is 5.10 Å². The first-order valence-electron chi connectivity index (χ1n) is 7.03. The number of nitrogens with two attached hydrogens (primary N) is 1. The Bertz CT molecular complexity index is 646. The number of hydrazone groups is 1. The molecule has 22 heavy (non-hydrogen) atoms. The lowest BCUT2D eigenvalue weighted by molar-refractivity contribution is 0.0955. The number of amides is 1. The molecule has 3 N–H and O–H groups in total. The highest BCUT2D eigenvalue weighted by molar-refractivity contribution is 7.17. The number of aromatic nitrogens is 1. The maximum Gasteiger partial charge on any atom is 0.271 e. The minimum absolute atomic E-state index is 0.273. The summed E-state index contributed by atoms with van der Waals surface area (Å²) in [6.07, 6.45) is 3.34. The molecule has 2 aromatic rings. The van der Waals surface area contributed by atoms with E-state index in [0.29, 0.717) is 11.3 Å². The maximum atomic E-state index is 11.9. The Kier molecular flexibility index (Phi) is 5.48. The van der Waals surface area contributed by atoms with Gasteiger partial charge in [0, 0.05) is 30.5 Å². The number of anilines is 2. The maximum absolute atomic E-state index is 11.9. The highest BCUT2D eigenvalue weighted by Crippen LogP contribution is 2.20. The van der Waals surface area contributed by atoms with Crippen LogP contribution < -0.4 is 16.1 Å². The quantitative estimate of drug-likeness (QED) is 0.486. The fourth-order valence-corrected chi connectivity index (χ4v) is 2.74. The summed E-state index contributed by atoms with van der Waals surface area (Å²) in [5, 5.41) is 4.92. The average Bonchev–Trinajstić information content (AvgIpc) is 2.98. The number of carbonyl (C=O) groups is 1. The standard InChI is InChI=1S/C15H19N5OS/c1-3-20(4-2)15-17-9-13(22-15)10-18-19-14(21)11-5-7-12(16)8-6-11/h5-10H,3-4,16H2,1-2H3,(H,19,21)/b18-10+. The minimum atomic E-state index is -0.273. The van der Waals surface area contributed by atoms with Crippen molar-refractivity contribution in [2.75, 3.05) is 23.7 Å². The molecule has 1 amide bonds. The van der Waals surface area contributed by atoms with Gasteiger partial charge in [-0.2, -0.15) is 5.10 Å². The van der Waals surface area contributed by atoms with Crippen LogP contribution in [0.5, 0.6) is 0 Å². The van der Waals surface area contributed by atoms with E-state index in [-0.39, 0.29) is 5.91 Å². The van der Waals surface area contributed by atoms with Crippen molar-refractivity contribution in [1.29, 1.82) is 0 Å². The Morgan fingerprint density at radius 1 is 1.36 bits per heavy atom. The molecule has 0 spiro atoms. The van der Waals surface area contributed by atoms with Crippen molar-refractivity contribution in [1.82, 2.24) is 10.4 Å². The van der Waals surface area contributed by atoms with Crippen molar-refractivity contribution < 1.29 is 4.79 Å². The van der Waals surface area contributed by atoms with Gasteiger partial charge in [-0.1, -0.05) is 11.3 Å². The van der Waals surface area contributed by atoms with Crippen molar-refractivity contribution in [3.63, 3.8) is 0 Å². The van der Waals surface area contributed by atoms with Gasteiger partial charge in [-0.3, -0.25) is 4.79 Å². The monoisotopic (exact) mass is 317 g/mol. The largest absolute Gasteiger partial charge is 0.399 e. The van der Waals surface area contributed by atoms with Gasteiger partial charge < -0.3 is 10.6 Å². The van der Waals surface area contributed by atoms with Crippen LogP contribution in [-0.2, 0) is 0 Å². The summed E-state index contributed by atoms with van der Waals surface area (Å²) < 4.78 is 0. The van der Waals surface area contributed by atoms with Crippen LogP contribution in [0.4, 0.5) is 10.8 Å². The van der Waals surface area contributed by atoms with Gasteiger partial charge >= 0.3 is 0 Å². The Morgan fingerprint density at radius 2 is 2.05 bits per heavy atom. The van der Waals surface area contributed by atoms with Crippen LogP contribution in [-0.4, -0.2) is 30.2 Å². The van der Waals surface area contributed by atoms with Gasteiger partial charge in [0.25, 0.3) is 5.91 Å². The van der Waals surface area contributed by atoms with Crippen LogP contribution in [0, 0.1) is 0 Å². The lowest BCUT2D eigenvalue weighted by Gasteiger charge is -2.16. The SMILES string of the molecule is CCN(CC)c1ncc(/C=N/NC(=O)c2ccc(N)cc2)s1. The zero-order valence-corrected chi connectivity index (χ0v) is 13.4. The summed E-state index contributed by atoms with van der Waals surface area (Å²) in [6, 6.07) is 6.67. The molecule has 0 fully saturated rings. The summed E-state index contributed by atoms with van der Waals surface area (Å²) in [7, 11) is 0. The second-order valence-electron chi connectivity index (χ2n) is 4.54. The normalized spacial score (nSPS) is 10.8. The lowest BCUT2D eigenvalue weighted by Crippen LogP contribution is -2.21. The molecule has 0 aliphatic carbocycles. The number of nitrogen functional groups attached to an aromatic ring is 1. The van der Waals surface area contributed by atoms with Crippen LogP contribution in [0.15, 0.2) is 35.6 Å². The summed E-state index contributed by atoms with van der Waals surface area (Å²) >= 11 is 1.54. The molecule has 0 unspecified atom stereocenters. The van der Waals surface area contributed by atoms with Crippen LogP contribution in [0.1, 0.15) is 29.1 Å². The zero-order valence-electron chi connectivity index (χ0n) is 12.6. The number of nitrogens with one attached hydrogen (secondary N) is 1. The van der Waals surface area contributed by atoms with Crippen LogP contribution in [0.3, 0.4) is 0 Å². The van der Waals surface area contributed by atoms with E-state index in [1.54, 1.807) is 36.7 Å². The predicted octanol–water partition coefficient (Wildman–Crippen LogP) is 2.34. The summed E-state index contributed by atoms with van der Waals surface area (Å²) in [5.74, 6) is -0.273. The highest BCUT2D eigenvalue weighted by atomic mass is 32.1. The minimum Gasteiger partial charge on any atom is -0.399 e. The predicted molar refractivity (Wildman–Crippen MR) is 91.6 cm³/mol. The second-order valence-corrected chi connectivity index (χ2v) is 5.58. The van der Waals surface area contributed by atoms with Crippen molar-refractivity contribution in [3.05, 3.63) is 40.9 Å². The number of benzene rings is 1. The number of thiazole rings is 1. The van der Waals surface area contributed by atoms with Crippen molar-refractivity contribution >= 4 is 34.3 Å². The van der Waals surface area contributed by atoms with E-state index in [1.807, 2.05) is 0 Å². The van der Waals surface area contributed by atoms with E-state index in [0.717, 1.165) is 23.1 Å². The van der Waals surface area contributed by atoms with Gasteiger partial charge in [-0.15, -0.1) is 0 Å². The molecule has 2 rings (SSSR count). The van der Waals surface area contributed by atoms with Crippen molar-refractivity contribution in [2.45, 2.75) is 13.8 Å². The first-order valence-corrected chi connectivity index (χ1v) is 7.85. The Balaban J connectivity index is 1.95. The molecule has 1 aromatic heterocycles. The Labute approximate surface area is 133 Å². The third-order valence-corrected chi connectivity index (χ3v) is 4.07. The lowest BCUT2D eigenvalue weighted by atomic mass is 10.2. The molecule has 1 aromatic carbocycles. The molecular weight excluding hydrogens is 298 g/mol. The smallest absolute Gasteiger partial charge is 0.271 e. The van der Waals surface area contributed by atoms with Gasteiger partial charge in [0.15, 0.2) is 5.13 Å². The molecule has 7 heteroatoms. The van der Waals surface area contributed by atoms with Gasteiger partial charge in [0.1, 0.15) is 0 Å². The molecule has 0 radical (unpaired) electrons. The topological polar surface area (TPSA) is 83.6 Å². The fraction of sp³-hybridized carbons (Fsp3) is 0.267. The van der Waals surface area contributed by atoms with Crippen LogP contribution >= 0.6 is 11.3 Å². The van der Waals surface area contributed by atoms with E-state index in [1.165, 1.54) is 11.3 Å². The molecule has 116 valence electrons. The van der Waals surface area contributed by atoms with Gasteiger partial charge in [-0.25, -0.2) is 10.4 Å². The molecule has 0 aliphatic rings. The number of hydrogen-bond donors (Lipinski definition) is 2. The van der Waals surface area contributed by atoms with Gasteiger partial charge in [0.2, 0.25) is 0 Å². The zero-order chi connectivity index (χ0) is 15.9. The third-order valence-electron chi connectivity index (χ3n) is 3.08. The molecular formula is C15H19N5OS. The molecule has 0 atom stereocenters. The fourth-order valence-electron chi connectivity index (χ4n) is 1.83. The number of carbonyl (C=O) groups excluding carboxylic acids is 1. The van der Waals surface area contributed by atoms with E-state index >= 15 is 0 Å². The van der Waals surface area contributed by atoms with Gasteiger partial charge in [0.05, 0.1) is 11.1 Å². The van der Waals surface area contributed by atoms with E-state index in [9.17, 15) is 4.79 Å². The third kappa shape index (κ3) is 4.05. The molecule has 0 aliphatic heterocycles. The second kappa shape index (κ2) is 7.56. The summed E-state index contributed by atoms with van der Waals surface area (Å²) in [5.41, 5.74) is 9.20. The van der Waals surface area contributed by atoms with Gasteiger partial charge in [-0.05, 0) is 38.1 Å². The van der Waals surface area contributed by atoms with E-state index < -0.39 is 0 Å². The van der Waals surface area contributed by atoms with Crippen molar-refractivity contribution in [3.8, 4) is 0 Å².